The van der Waals surface area contributed by atoms with Gasteiger partial charge in [-0.2, -0.15) is 0 Å². The van der Waals surface area contributed by atoms with Crippen molar-refractivity contribution < 1.29 is 17.7 Å². The molecular weight excluding hydrogens is 1440 g/mol. The number of aromatic amines is 1. The number of fused-ring (bicyclic) bond motifs is 18. The number of nitrogens with zero attached hydrogens (tertiary/aromatic N) is 7. The Labute approximate surface area is 661 Å². The number of hydrogen-bond donors (Lipinski definition) is 1. The zero-order valence-electron chi connectivity index (χ0n) is 61.3. The van der Waals surface area contributed by atoms with Crippen molar-refractivity contribution in [2.45, 2.75) is 0 Å². The highest BCUT2D eigenvalue weighted by molar-refractivity contribution is 6.31. The smallest absolute Gasteiger partial charge is 0.164 e. The van der Waals surface area contributed by atoms with Crippen molar-refractivity contribution in [1.29, 1.82) is 0 Å². The number of benzene rings is 16. The second-order valence-electron chi connectivity index (χ2n) is 28.6. The Morgan fingerprint density at radius 1 is 0.217 bits per heavy atom. The molecule has 0 radical (unpaired) electrons. The van der Waals surface area contributed by atoms with Crippen LogP contribution in [0.4, 0.5) is 0 Å². The first-order valence-electron chi connectivity index (χ1n) is 38.0. The minimum absolute atomic E-state index is 0.583. The number of halogens is 1. The summed E-state index contributed by atoms with van der Waals surface area (Å²) in [7, 11) is 0. The second kappa shape index (κ2) is 27.6. The molecule has 0 saturated heterocycles. The summed E-state index contributed by atoms with van der Waals surface area (Å²) in [6.07, 6.45) is 0. The molecule has 0 unspecified atom stereocenters. The van der Waals surface area contributed by atoms with Crippen LogP contribution in [0.25, 0.3) is 228 Å². The monoisotopic (exact) mass is 1500 g/mol. The van der Waals surface area contributed by atoms with Gasteiger partial charge in [0, 0.05) is 144 Å². The predicted molar refractivity (Wildman–Crippen MR) is 467 cm³/mol. The molecular formula is C102H61ClN8O4. The van der Waals surface area contributed by atoms with Crippen LogP contribution in [0.15, 0.2) is 382 Å². The van der Waals surface area contributed by atoms with Gasteiger partial charge in [-0.15, -0.1) is 0 Å². The molecule has 0 aliphatic heterocycles. The van der Waals surface area contributed by atoms with Gasteiger partial charge in [-0.25, -0.2) is 29.9 Å². The number of rotatable bonds is 9. The quantitative estimate of drug-likeness (QED) is 0.148. The number of nitrogens with one attached hydrogen (secondary N) is 1. The molecule has 8 heterocycles. The Balaban J connectivity index is 0.000000119. The highest BCUT2D eigenvalue weighted by atomic mass is 35.5. The maximum atomic E-state index is 6.62. The first-order valence-corrected chi connectivity index (χ1v) is 38.4. The number of H-pyrrole nitrogens is 1. The lowest BCUT2D eigenvalue weighted by molar-refractivity contribution is 0.655. The van der Waals surface area contributed by atoms with E-state index in [0.29, 0.717) is 40.0 Å². The van der Waals surface area contributed by atoms with Crippen LogP contribution < -0.4 is 0 Å². The topological polar surface area (TPSA) is 151 Å². The van der Waals surface area contributed by atoms with E-state index >= 15 is 0 Å². The highest BCUT2D eigenvalue weighted by Crippen LogP contribution is 2.44. The molecule has 16 aromatic carbocycles. The normalized spacial score (nSPS) is 11.7. The van der Waals surface area contributed by atoms with E-state index in [2.05, 4.69) is 204 Å². The van der Waals surface area contributed by atoms with Crippen molar-refractivity contribution in [2.75, 3.05) is 0 Å². The van der Waals surface area contributed by atoms with Gasteiger partial charge in [0.1, 0.15) is 44.7 Å². The summed E-state index contributed by atoms with van der Waals surface area (Å²) in [4.78, 5) is 32.7. The van der Waals surface area contributed by atoms with E-state index < -0.39 is 0 Å². The van der Waals surface area contributed by atoms with E-state index in [9.17, 15) is 0 Å². The van der Waals surface area contributed by atoms with Gasteiger partial charge in [-0.3, -0.25) is 0 Å². The Bertz CT molecular complexity index is 7800. The van der Waals surface area contributed by atoms with Crippen LogP contribution in [0, 0.1) is 0 Å². The van der Waals surface area contributed by atoms with Gasteiger partial charge >= 0.3 is 0 Å². The largest absolute Gasteiger partial charge is 0.456 e. The van der Waals surface area contributed by atoms with E-state index in [-0.39, 0.29) is 0 Å². The third-order valence-electron chi connectivity index (χ3n) is 21.6. The van der Waals surface area contributed by atoms with Crippen LogP contribution >= 0.6 is 11.6 Å². The van der Waals surface area contributed by atoms with E-state index in [4.69, 9.17) is 59.2 Å². The molecule has 1 N–H and O–H groups in total. The standard InChI is InChI=1S/C51H30N4O2.C33H18ClN3O2.C18H13N/c1-4-13-31(14-5-1)36-20-12-22-43-48(36)39-19-10-11-21-42(39)55(43)35-24-26-38-41-29-40-37-25-23-34(27-44(37)56-46(40)30-47(41)57-45(38)28-35)51-53-49(32-15-6-2-7-16-32)52-50(54-51)33-17-8-3-9-18-33;34-22-12-14-24-26-17-25-23-13-11-21(15-27(23)38-29(25)18-30(26)39-28(24)16-22)33-36-31(19-7-3-1-4-8-19)35-32(37-33)20-9-5-2-6-10-20;1-2-7-13(8-3-1)14-10-6-12-17-18(14)15-9-4-5-11-16(15)19-17/h1-30H;1-18H;1-12,19H. The van der Waals surface area contributed by atoms with Gasteiger partial charge in [0.15, 0.2) is 34.9 Å². The molecule has 12 nitrogen and oxygen atoms in total. The van der Waals surface area contributed by atoms with Crippen LogP contribution in [0.3, 0.4) is 0 Å². The summed E-state index contributed by atoms with van der Waals surface area (Å²) in [5.74, 6) is 3.65. The summed E-state index contributed by atoms with van der Waals surface area (Å²) in [6.45, 7) is 0. The maximum Gasteiger partial charge on any atom is 0.164 e. The van der Waals surface area contributed by atoms with Crippen LogP contribution in [-0.2, 0) is 0 Å². The molecule has 24 rings (SSSR count). The molecule has 0 spiro atoms. The Morgan fingerprint density at radius 3 is 1.03 bits per heavy atom. The number of para-hydroxylation sites is 2. The summed E-state index contributed by atoms with van der Waals surface area (Å²) < 4.78 is 27.9. The fourth-order valence-electron chi connectivity index (χ4n) is 16.3. The van der Waals surface area contributed by atoms with Crippen LogP contribution in [0.5, 0.6) is 0 Å². The summed E-state index contributed by atoms with van der Waals surface area (Å²) in [6, 6.07) is 124. The average molecular weight is 1500 g/mol. The molecule has 13 heteroatoms. The third kappa shape index (κ3) is 11.9. The van der Waals surface area contributed by atoms with Crippen molar-refractivity contribution in [3.05, 3.63) is 369 Å². The molecule has 24 aromatic rings. The van der Waals surface area contributed by atoms with Crippen molar-refractivity contribution in [3.8, 4) is 96.3 Å². The molecule has 0 bridgehead atoms. The van der Waals surface area contributed by atoms with E-state index in [0.717, 1.165) is 138 Å². The molecule has 0 fully saturated rings. The average Bonchev–Trinajstić information content (AvgIpc) is 1.58. The minimum Gasteiger partial charge on any atom is -0.456 e. The molecule has 0 amide bonds. The van der Waals surface area contributed by atoms with Crippen LogP contribution in [0.1, 0.15) is 0 Å². The lowest BCUT2D eigenvalue weighted by Crippen LogP contribution is -2.00. The SMILES string of the molecule is Clc1ccc2c(c1)oc1cc3oc4cc(-c5nc(-c6ccccc6)nc(-c6ccccc6)n5)ccc4c3cc12.c1ccc(-c2cccc3[nH]c4ccccc4c23)cc1.c1ccc(-c2nc(-c3ccccc3)nc(-c3ccc4c(c3)oc3cc5oc6cc(-n7c8ccccc8c8c(-c9ccccc9)cccc87)ccc6c5cc34)n2)cc1. The summed E-state index contributed by atoms with van der Waals surface area (Å²) >= 11 is 6.17. The predicted octanol–water partition coefficient (Wildman–Crippen LogP) is 27.7. The zero-order chi connectivity index (χ0) is 76.0. The van der Waals surface area contributed by atoms with E-state index in [1.54, 1.807) is 0 Å². The van der Waals surface area contributed by atoms with Crippen molar-refractivity contribution in [1.82, 2.24) is 39.5 Å². The molecule has 0 aliphatic carbocycles. The molecule has 0 atom stereocenters. The molecule has 115 heavy (non-hydrogen) atoms. The summed E-state index contributed by atoms with van der Waals surface area (Å²) in [5, 5.41) is 13.9. The minimum atomic E-state index is 0.583. The Kier molecular flexibility index (Phi) is 16.0. The van der Waals surface area contributed by atoms with Gasteiger partial charge in [0.25, 0.3) is 0 Å². The Morgan fingerprint density at radius 2 is 0.557 bits per heavy atom. The number of furan rings is 4. The van der Waals surface area contributed by atoms with Gasteiger partial charge in [0.2, 0.25) is 0 Å². The lowest BCUT2D eigenvalue weighted by atomic mass is 9.99. The fourth-order valence-corrected chi connectivity index (χ4v) is 16.4. The van der Waals surface area contributed by atoms with Gasteiger partial charge in [-0.1, -0.05) is 266 Å². The third-order valence-corrected chi connectivity index (χ3v) is 21.9. The van der Waals surface area contributed by atoms with Gasteiger partial charge < -0.3 is 27.2 Å². The van der Waals surface area contributed by atoms with Crippen molar-refractivity contribution in [2.24, 2.45) is 0 Å². The molecule has 8 aromatic heterocycles. The highest BCUT2D eigenvalue weighted by Gasteiger charge is 2.23. The van der Waals surface area contributed by atoms with E-state index in [1.165, 1.54) is 54.8 Å². The van der Waals surface area contributed by atoms with E-state index in [1.807, 2.05) is 170 Å². The fraction of sp³-hybridized carbons (Fsp3) is 0. The molecule has 540 valence electrons. The zero-order valence-corrected chi connectivity index (χ0v) is 62.0. The number of hydrogen-bond acceptors (Lipinski definition) is 10. The van der Waals surface area contributed by atoms with Crippen molar-refractivity contribution in [3.63, 3.8) is 0 Å². The lowest BCUT2D eigenvalue weighted by Gasteiger charge is -2.09. The summed E-state index contributed by atoms with van der Waals surface area (Å²) in [5.41, 5.74) is 22.3. The molecule has 0 aliphatic rings. The Hall–Kier alpha value is -15.4. The first-order chi connectivity index (χ1) is 56.9. The van der Waals surface area contributed by atoms with Crippen molar-refractivity contribution >= 4 is 143 Å². The first kappa shape index (κ1) is 66.6. The second-order valence-corrected chi connectivity index (χ2v) is 29.0. The number of aromatic nitrogens is 8. The van der Waals surface area contributed by atoms with Gasteiger partial charge in [0.05, 0.1) is 11.0 Å². The molecule has 0 saturated carbocycles. The maximum absolute atomic E-state index is 6.62. The van der Waals surface area contributed by atoms with Crippen LogP contribution in [-0.4, -0.2) is 39.5 Å². The van der Waals surface area contributed by atoms with Crippen LogP contribution in [0.2, 0.25) is 5.02 Å². The van der Waals surface area contributed by atoms with Gasteiger partial charge in [-0.05, 0) is 107 Å².